The Balaban J connectivity index is 2.42. The van der Waals surface area contributed by atoms with Crippen LogP contribution in [0, 0.1) is 0 Å². The van der Waals surface area contributed by atoms with E-state index in [1.165, 1.54) is 7.11 Å². The van der Waals surface area contributed by atoms with Crippen LogP contribution in [0.1, 0.15) is 11.5 Å². The summed E-state index contributed by atoms with van der Waals surface area (Å²) in [6, 6.07) is 9.18. The van der Waals surface area contributed by atoms with Gasteiger partial charge in [-0.1, -0.05) is 11.2 Å². The molecule has 0 saturated carbocycles. The molecule has 15 heavy (non-hydrogen) atoms. The van der Waals surface area contributed by atoms with Crippen LogP contribution in [0.15, 0.2) is 52.4 Å². The fourth-order valence-corrected chi connectivity index (χ4v) is 1.23. The van der Waals surface area contributed by atoms with E-state index in [9.17, 15) is 0 Å². The van der Waals surface area contributed by atoms with Gasteiger partial charge in [-0.3, -0.25) is 4.98 Å². The monoisotopic (exact) mass is 202 g/mol. The van der Waals surface area contributed by atoms with E-state index >= 15 is 0 Å². The maximum Gasteiger partial charge on any atom is 0.170 e. The number of hydrogen-bond donors (Lipinski definition) is 0. The van der Waals surface area contributed by atoms with Gasteiger partial charge in [-0.05, 0) is 24.3 Å². The minimum Gasteiger partial charge on any atom is -0.463 e. The fraction of sp³-hybridized carbons (Fsp3) is 0.0909. The van der Waals surface area contributed by atoms with Gasteiger partial charge in [-0.25, -0.2) is 0 Å². The minimum absolute atomic E-state index is 0.586. The third-order valence-electron chi connectivity index (χ3n) is 1.84. The minimum atomic E-state index is 0.586. The Labute approximate surface area is 87.2 Å². The normalized spacial score (nSPS) is 11.4. The zero-order chi connectivity index (χ0) is 10.5. The Morgan fingerprint density at radius 1 is 1.33 bits per heavy atom. The molecule has 0 fully saturated rings. The van der Waals surface area contributed by atoms with Gasteiger partial charge in [0.25, 0.3) is 0 Å². The van der Waals surface area contributed by atoms with E-state index in [0.29, 0.717) is 17.2 Å². The van der Waals surface area contributed by atoms with Gasteiger partial charge in [-0.15, -0.1) is 0 Å². The first-order chi connectivity index (χ1) is 7.42. The van der Waals surface area contributed by atoms with Crippen molar-refractivity contribution in [2.45, 2.75) is 0 Å². The van der Waals surface area contributed by atoms with E-state index in [2.05, 4.69) is 10.1 Å². The van der Waals surface area contributed by atoms with E-state index in [0.717, 1.165) is 0 Å². The molecule has 2 heterocycles. The molecular formula is C11H10N2O2. The molecule has 2 rings (SSSR count). The summed E-state index contributed by atoms with van der Waals surface area (Å²) in [7, 11) is 1.49. The summed E-state index contributed by atoms with van der Waals surface area (Å²) in [4.78, 5) is 8.95. The molecule has 0 atom stereocenters. The maximum atomic E-state index is 5.25. The molecule has 0 unspecified atom stereocenters. The summed E-state index contributed by atoms with van der Waals surface area (Å²) in [5, 5.41) is 3.90. The van der Waals surface area contributed by atoms with Crippen LogP contribution in [0.3, 0.4) is 0 Å². The van der Waals surface area contributed by atoms with Crippen molar-refractivity contribution in [3.8, 4) is 0 Å². The van der Waals surface area contributed by atoms with Crippen molar-refractivity contribution >= 4 is 5.71 Å². The molecule has 2 aromatic rings. The molecule has 0 aromatic carbocycles. The van der Waals surface area contributed by atoms with Crippen molar-refractivity contribution in [1.82, 2.24) is 4.98 Å². The van der Waals surface area contributed by atoms with Crippen LogP contribution < -0.4 is 0 Å². The molecule has 0 aliphatic rings. The van der Waals surface area contributed by atoms with Crippen molar-refractivity contribution in [2.24, 2.45) is 5.16 Å². The topological polar surface area (TPSA) is 47.6 Å². The number of rotatable bonds is 3. The zero-order valence-electron chi connectivity index (χ0n) is 8.25. The van der Waals surface area contributed by atoms with Crippen molar-refractivity contribution < 1.29 is 9.25 Å². The van der Waals surface area contributed by atoms with Gasteiger partial charge in [0.2, 0.25) is 0 Å². The molecule has 0 aliphatic carbocycles. The summed E-state index contributed by atoms with van der Waals surface area (Å²) >= 11 is 0. The average molecular weight is 202 g/mol. The van der Waals surface area contributed by atoms with Crippen molar-refractivity contribution in [1.29, 1.82) is 0 Å². The van der Waals surface area contributed by atoms with E-state index in [1.807, 2.05) is 24.3 Å². The molecule has 2 aromatic heterocycles. The second-order valence-electron chi connectivity index (χ2n) is 2.81. The summed E-state index contributed by atoms with van der Waals surface area (Å²) in [5.41, 5.74) is 1.30. The third-order valence-corrected chi connectivity index (χ3v) is 1.84. The lowest BCUT2D eigenvalue weighted by molar-refractivity contribution is 0.213. The van der Waals surface area contributed by atoms with E-state index < -0.39 is 0 Å². The van der Waals surface area contributed by atoms with Crippen LogP contribution in [0.2, 0.25) is 0 Å². The highest BCUT2D eigenvalue weighted by Gasteiger charge is 2.11. The number of hydrogen-bond acceptors (Lipinski definition) is 4. The Morgan fingerprint density at radius 3 is 2.87 bits per heavy atom. The molecule has 0 aliphatic heterocycles. The highest BCUT2D eigenvalue weighted by Crippen LogP contribution is 2.09. The van der Waals surface area contributed by atoms with Crippen LogP contribution in [0.25, 0.3) is 0 Å². The van der Waals surface area contributed by atoms with Gasteiger partial charge in [0.15, 0.2) is 11.5 Å². The number of furan rings is 1. The fourth-order valence-electron chi connectivity index (χ4n) is 1.23. The lowest BCUT2D eigenvalue weighted by atomic mass is 10.2. The highest BCUT2D eigenvalue weighted by atomic mass is 16.6. The largest absolute Gasteiger partial charge is 0.463 e. The molecule has 4 heteroatoms. The summed E-state index contributed by atoms with van der Waals surface area (Å²) < 4.78 is 5.25. The molecule has 0 saturated heterocycles. The number of oxime groups is 1. The summed E-state index contributed by atoms with van der Waals surface area (Å²) in [6.07, 6.45) is 3.28. The van der Waals surface area contributed by atoms with Crippen molar-refractivity contribution in [3.05, 3.63) is 54.2 Å². The summed E-state index contributed by atoms with van der Waals surface area (Å²) in [5.74, 6) is 0.635. The van der Waals surface area contributed by atoms with E-state index in [4.69, 9.17) is 9.25 Å². The van der Waals surface area contributed by atoms with Gasteiger partial charge in [0, 0.05) is 6.20 Å². The number of pyridine rings is 1. The van der Waals surface area contributed by atoms with Crippen LogP contribution in [0.4, 0.5) is 0 Å². The zero-order valence-corrected chi connectivity index (χ0v) is 8.25. The van der Waals surface area contributed by atoms with E-state index in [-0.39, 0.29) is 0 Å². The Kier molecular flexibility index (Phi) is 2.78. The average Bonchev–Trinajstić information content (AvgIpc) is 2.80. The third kappa shape index (κ3) is 2.04. The molecule has 76 valence electrons. The van der Waals surface area contributed by atoms with Gasteiger partial charge < -0.3 is 9.25 Å². The van der Waals surface area contributed by atoms with Gasteiger partial charge >= 0.3 is 0 Å². The molecule has 0 bridgehead atoms. The predicted octanol–water partition coefficient (Wildman–Crippen LogP) is 2.07. The molecular weight excluding hydrogens is 192 g/mol. The van der Waals surface area contributed by atoms with Gasteiger partial charge in [0.05, 0.1) is 12.0 Å². The molecule has 0 amide bonds. The van der Waals surface area contributed by atoms with E-state index in [1.54, 1.807) is 18.5 Å². The number of aromatic nitrogens is 1. The maximum absolute atomic E-state index is 5.25. The van der Waals surface area contributed by atoms with Gasteiger partial charge in [-0.2, -0.15) is 0 Å². The molecule has 0 spiro atoms. The number of nitrogens with zero attached hydrogens (tertiary/aromatic N) is 2. The second kappa shape index (κ2) is 4.41. The Morgan fingerprint density at radius 2 is 2.27 bits per heavy atom. The highest BCUT2D eigenvalue weighted by molar-refractivity contribution is 6.09. The van der Waals surface area contributed by atoms with Crippen LogP contribution >= 0.6 is 0 Å². The predicted molar refractivity (Wildman–Crippen MR) is 55.6 cm³/mol. The molecule has 0 radical (unpaired) electrons. The molecule has 4 nitrogen and oxygen atoms in total. The lowest BCUT2D eigenvalue weighted by Crippen LogP contribution is -2.04. The smallest absolute Gasteiger partial charge is 0.170 e. The van der Waals surface area contributed by atoms with Crippen LogP contribution in [-0.4, -0.2) is 17.8 Å². The van der Waals surface area contributed by atoms with Crippen LogP contribution in [-0.2, 0) is 4.84 Å². The summed E-state index contributed by atoms with van der Waals surface area (Å²) in [6.45, 7) is 0. The quantitative estimate of drug-likeness (QED) is 0.565. The lowest BCUT2D eigenvalue weighted by Gasteiger charge is -2.00. The van der Waals surface area contributed by atoms with Gasteiger partial charge in [0.1, 0.15) is 7.11 Å². The second-order valence-corrected chi connectivity index (χ2v) is 2.81. The van der Waals surface area contributed by atoms with Crippen molar-refractivity contribution in [3.63, 3.8) is 0 Å². The van der Waals surface area contributed by atoms with Crippen molar-refractivity contribution in [2.75, 3.05) is 7.11 Å². The Hall–Kier alpha value is -2.10. The first kappa shape index (κ1) is 9.45. The first-order valence-electron chi connectivity index (χ1n) is 4.48. The Bertz CT molecular complexity index is 435. The standard InChI is InChI=1S/C11H10N2O2/c1-14-13-11(10-6-4-8-15-10)9-5-2-3-7-12-9/h2-8H,1H3. The SMILES string of the molecule is CON=C(c1ccccn1)c1ccco1. The first-order valence-corrected chi connectivity index (χ1v) is 4.48. The molecule has 0 N–H and O–H groups in total. The van der Waals surface area contributed by atoms with Crippen LogP contribution in [0.5, 0.6) is 0 Å².